The Bertz CT molecular complexity index is 564. The lowest BCUT2D eigenvalue weighted by Crippen LogP contribution is -2.19. The first kappa shape index (κ1) is 14.5. The summed E-state index contributed by atoms with van der Waals surface area (Å²) in [6.45, 7) is 3.95. The van der Waals surface area contributed by atoms with Crippen molar-refractivity contribution in [2.75, 3.05) is 0 Å². The third-order valence-corrected chi connectivity index (χ3v) is 3.16. The Balaban J connectivity index is 2.25. The van der Waals surface area contributed by atoms with Gasteiger partial charge in [-0.3, -0.25) is 0 Å². The maximum atomic E-state index is 13.9. The molecule has 20 heavy (non-hydrogen) atoms. The number of aryl methyl sites for hydroxylation is 1. The van der Waals surface area contributed by atoms with Crippen molar-refractivity contribution in [3.8, 4) is 11.5 Å². The van der Waals surface area contributed by atoms with E-state index in [4.69, 9.17) is 10.5 Å². The molecular weight excluding hydrogens is 253 g/mol. The van der Waals surface area contributed by atoms with Gasteiger partial charge >= 0.3 is 0 Å². The van der Waals surface area contributed by atoms with Crippen LogP contribution >= 0.6 is 0 Å². The molecule has 2 N–H and O–H groups in total. The number of halogens is 1. The van der Waals surface area contributed by atoms with E-state index in [0.717, 1.165) is 6.42 Å². The minimum atomic E-state index is -0.273. The molecule has 106 valence electrons. The van der Waals surface area contributed by atoms with E-state index in [2.05, 4.69) is 6.92 Å². The molecule has 0 radical (unpaired) electrons. The quantitative estimate of drug-likeness (QED) is 0.891. The van der Waals surface area contributed by atoms with Gasteiger partial charge in [0.15, 0.2) is 0 Å². The van der Waals surface area contributed by atoms with E-state index >= 15 is 0 Å². The fraction of sp³-hybridized carbons (Fsp3) is 0.294. The van der Waals surface area contributed by atoms with E-state index in [-0.39, 0.29) is 11.9 Å². The highest BCUT2D eigenvalue weighted by Crippen LogP contribution is 2.28. The molecule has 0 fully saturated rings. The SMILES string of the molecule is CCc1ccc(Oc2cccc(F)c2CC(C)N)cc1. The van der Waals surface area contributed by atoms with Crippen LogP contribution < -0.4 is 10.5 Å². The van der Waals surface area contributed by atoms with E-state index < -0.39 is 0 Å². The second-order valence-electron chi connectivity index (χ2n) is 5.00. The third kappa shape index (κ3) is 3.58. The van der Waals surface area contributed by atoms with Crippen molar-refractivity contribution in [3.63, 3.8) is 0 Å². The normalized spacial score (nSPS) is 12.2. The summed E-state index contributed by atoms with van der Waals surface area (Å²) in [6.07, 6.45) is 1.44. The maximum absolute atomic E-state index is 13.9. The van der Waals surface area contributed by atoms with Gasteiger partial charge in [0, 0.05) is 11.6 Å². The van der Waals surface area contributed by atoms with Crippen molar-refractivity contribution in [1.29, 1.82) is 0 Å². The van der Waals surface area contributed by atoms with Crippen molar-refractivity contribution in [2.24, 2.45) is 5.73 Å². The summed E-state index contributed by atoms with van der Waals surface area (Å²) >= 11 is 0. The number of ether oxygens (including phenoxy) is 1. The molecule has 0 saturated carbocycles. The van der Waals surface area contributed by atoms with Crippen molar-refractivity contribution < 1.29 is 9.13 Å². The average Bonchev–Trinajstić information content (AvgIpc) is 2.43. The van der Waals surface area contributed by atoms with E-state index in [9.17, 15) is 4.39 Å². The lowest BCUT2D eigenvalue weighted by molar-refractivity contribution is 0.463. The highest BCUT2D eigenvalue weighted by Gasteiger charge is 2.12. The van der Waals surface area contributed by atoms with Gasteiger partial charge in [0.05, 0.1) is 0 Å². The van der Waals surface area contributed by atoms with Gasteiger partial charge in [-0.2, -0.15) is 0 Å². The molecule has 0 aromatic heterocycles. The van der Waals surface area contributed by atoms with Gasteiger partial charge in [-0.25, -0.2) is 4.39 Å². The minimum Gasteiger partial charge on any atom is -0.457 e. The first-order chi connectivity index (χ1) is 9.60. The molecule has 0 bridgehead atoms. The summed E-state index contributed by atoms with van der Waals surface area (Å²) in [4.78, 5) is 0. The van der Waals surface area contributed by atoms with Crippen LogP contribution in [0.3, 0.4) is 0 Å². The smallest absolute Gasteiger partial charge is 0.133 e. The Morgan fingerprint density at radius 1 is 1.15 bits per heavy atom. The largest absolute Gasteiger partial charge is 0.457 e. The Kier molecular flexibility index (Phi) is 4.74. The molecule has 3 heteroatoms. The van der Waals surface area contributed by atoms with Crippen LogP contribution in [0.2, 0.25) is 0 Å². The molecule has 2 aromatic carbocycles. The van der Waals surface area contributed by atoms with Gasteiger partial charge in [-0.05, 0) is 49.6 Å². The molecular formula is C17H20FNO. The topological polar surface area (TPSA) is 35.2 Å². The summed E-state index contributed by atoms with van der Waals surface area (Å²) in [5.41, 5.74) is 7.54. The van der Waals surface area contributed by atoms with Crippen molar-refractivity contribution in [1.82, 2.24) is 0 Å². The number of nitrogens with two attached hydrogens (primary N) is 1. The third-order valence-electron chi connectivity index (χ3n) is 3.16. The predicted molar refractivity (Wildman–Crippen MR) is 79.6 cm³/mol. The van der Waals surface area contributed by atoms with E-state index in [0.29, 0.717) is 23.5 Å². The number of hydrogen-bond donors (Lipinski definition) is 1. The van der Waals surface area contributed by atoms with Gasteiger partial charge in [-0.1, -0.05) is 25.1 Å². The van der Waals surface area contributed by atoms with E-state index in [1.165, 1.54) is 11.6 Å². The number of rotatable bonds is 5. The molecule has 1 unspecified atom stereocenters. The van der Waals surface area contributed by atoms with Crippen molar-refractivity contribution in [3.05, 3.63) is 59.4 Å². The zero-order valence-electron chi connectivity index (χ0n) is 11.9. The minimum absolute atomic E-state index is 0.114. The highest BCUT2D eigenvalue weighted by atomic mass is 19.1. The van der Waals surface area contributed by atoms with Crippen LogP contribution in [0.1, 0.15) is 25.0 Å². The zero-order chi connectivity index (χ0) is 14.5. The van der Waals surface area contributed by atoms with Gasteiger partial charge < -0.3 is 10.5 Å². The maximum Gasteiger partial charge on any atom is 0.133 e. The molecule has 0 aliphatic heterocycles. The summed E-state index contributed by atoms with van der Waals surface area (Å²) in [7, 11) is 0. The number of benzene rings is 2. The Labute approximate surface area is 119 Å². The number of hydrogen-bond acceptors (Lipinski definition) is 2. The van der Waals surface area contributed by atoms with Gasteiger partial charge in [0.1, 0.15) is 17.3 Å². The fourth-order valence-electron chi connectivity index (χ4n) is 2.07. The Morgan fingerprint density at radius 2 is 1.85 bits per heavy atom. The van der Waals surface area contributed by atoms with Crippen LogP contribution in [0.25, 0.3) is 0 Å². The molecule has 2 nitrogen and oxygen atoms in total. The summed E-state index contributed by atoms with van der Waals surface area (Å²) in [5.74, 6) is 0.968. The molecule has 0 heterocycles. The Morgan fingerprint density at radius 3 is 2.45 bits per heavy atom. The van der Waals surface area contributed by atoms with Gasteiger partial charge in [0.2, 0.25) is 0 Å². The average molecular weight is 273 g/mol. The lowest BCUT2D eigenvalue weighted by Gasteiger charge is -2.14. The predicted octanol–water partition coefficient (Wildman–Crippen LogP) is 4.07. The standard InChI is InChI=1S/C17H20FNO/c1-3-13-7-9-14(10-8-13)20-17-6-4-5-16(18)15(17)11-12(2)19/h4-10,12H,3,11,19H2,1-2H3. The summed E-state index contributed by atoms with van der Waals surface area (Å²) in [6, 6.07) is 12.6. The van der Waals surface area contributed by atoms with Gasteiger partial charge in [-0.15, -0.1) is 0 Å². The second kappa shape index (κ2) is 6.53. The molecule has 2 aromatic rings. The van der Waals surface area contributed by atoms with E-state index in [1.54, 1.807) is 12.1 Å². The molecule has 0 spiro atoms. The van der Waals surface area contributed by atoms with E-state index in [1.807, 2.05) is 31.2 Å². The first-order valence-electron chi connectivity index (χ1n) is 6.90. The molecule has 0 saturated heterocycles. The van der Waals surface area contributed by atoms with Crippen LogP contribution in [0.5, 0.6) is 11.5 Å². The fourth-order valence-corrected chi connectivity index (χ4v) is 2.07. The molecule has 0 aliphatic rings. The second-order valence-corrected chi connectivity index (χ2v) is 5.00. The molecule has 2 rings (SSSR count). The van der Waals surface area contributed by atoms with Crippen molar-refractivity contribution >= 4 is 0 Å². The molecule has 1 atom stereocenters. The van der Waals surface area contributed by atoms with Gasteiger partial charge in [0.25, 0.3) is 0 Å². The van der Waals surface area contributed by atoms with Crippen LogP contribution in [0.4, 0.5) is 4.39 Å². The van der Waals surface area contributed by atoms with Crippen molar-refractivity contribution in [2.45, 2.75) is 32.7 Å². The van der Waals surface area contributed by atoms with Crippen LogP contribution in [-0.2, 0) is 12.8 Å². The Hall–Kier alpha value is -1.87. The summed E-state index contributed by atoms with van der Waals surface area (Å²) in [5, 5.41) is 0. The zero-order valence-corrected chi connectivity index (χ0v) is 11.9. The lowest BCUT2D eigenvalue weighted by atomic mass is 10.1. The monoisotopic (exact) mass is 273 g/mol. The first-order valence-corrected chi connectivity index (χ1v) is 6.90. The molecule has 0 aliphatic carbocycles. The van der Waals surface area contributed by atoms with Crippen LogP contribution in [0, 0.1) is 5.82 Å². The van der Waals surface area contributed by atoms with Crippen LogP contribution in [-0.4, -0.2) is 6.04 Å². The molecule has 0 amide bonds. The van der Waals surface area contributed by atoms with Crippen LogP contribution in [0.15, 0.2) is 42.5 Å². The highest BCUT2D eigenvalue weighted by molar-refractivity contribution is 5.39. The summed E-state index contributed by atoms with van der Waals surface area (Å²) < 4.78 is 19.7.